The van der Waals surface area contributed by atoms with Crippen LogP contribution in [0, 0.1) is 0 Å². The van der Waals surface area contributed by atoms with Gasteiger partial charge in [-0.25, -0.2) is 0 Å². The van der Waals surface area contributed by atoms with E-state index in [4.69, 9.17) is 4.74 Å². The zero-order valence-electron chi connectivity index (χ0n) is 8.01. The molecular formula is C11H9BrO2S. The molecule has 3 rings (SSSR count). The molecular weight excluding hydrogens is 276 g/mol. The standard InChI is InChI=1S/C11H9BrO2S/c12-8-3-6-1-2-14-11(6)7-4-15-5-9(13)10(7)8/h3H,1-2,4-5H2. The lowest BCUT2D eigenvalue weighted by atomic mass is 10.00. The minimum atomic E-state index is 0.214. The summed E-state index contributed by atoms with van der Waals surface area (Å²) >= 11 is 5.16. The number of thioether (sulfide) groups is 1. The maximum atomic E-state index is 11.8. The quantitative estimate of drug-likeness (QED) is 0.733. The first-order valence-electron chi connectivity index (χ1n) is 4.85. The van der Waals surface area contributed by atoms with E-state index in [9.17, 15) is 4.79 Å². The third-order valence-corrected chi connectivity index (χ3v) is 4.37. The second-order valence-electron chi connectivity index (χ2n) is 3.71. The molecule has 78 valence electrons. The van der Waals surface area contributed by atoms with Gasteiger partial charge in [-0.05, 0) is 11.6 Å². The fourth-order valence-corrected chi connectivity index (χ4v) is 3.78. The highest BCUT2D eigenvalue weighted by atomic mass is 79.9. The van der Waals surface area contributed by atoms with Gasteiger partial charge in [0.2, 0.25) is 0 Å². The smallest absolute Gasteiger partial charge is 0.174 e. The molecule has 0 saturated heterocycles. The lowest BCUT2D eigenvalue weighted by Gasteiger charge is -2.18. The molecule has 1 aromatic carbocycles. The van der Waals surface area contributed by atoms with Crippen LogP contribution in [-0.4, -0.2) is 18.1 Å². The van der Waals surface area contributed by atoms with Crippen molar-refractivity contribution in [1.82, 2.24) is 0 Å². The Kier molecular flexibility index (Phi) is 2.29. The molecule has 1 aromatic rings. The highest BCUT2D eigenvalue weighted by Gasteiger charge is 2.28. The van der Waals surface area contributed by atoms with Gasteiger partial charge < -0.3 is 4.74 Å². The lowest BCUT2D eigenvalue weighted by molar-refractivity contribution is 0.101. The van der Waals surface area contributed by atoms with Crippen molar-refractivity contribution in [2.24, 2.45) is 0 Å². The third-order valence-electron chi connectivity index (χ3n) is 2.78. The largest absolute Gasteiger partial charge is 0.493 e. The molecule has 0 bridgehead atoms. The summed E-state index contributed by atoms with van der Waals surface area (Å²) in [6, 6.07) is 2.04. The molecule has 0 fully saturated rings. The molecule has 0 N–H and O–H groups in total. The predicted octanol–water partition coefficient (Wildman–Crippen LogP) is 2.81. The van der Waals surface area contributed by atoms with Gasteiger partial charge in [-0.3, -0.25) is 4.79 Å². The second-order valence-corrected chi connectivity index (χ2v) is 5.55. The van der Waals surface area contributed by atoms with E-state index in [0.29, 0.717) is 5.75 Å². The van der Waals surface area contributed by atoms with E-state index in [0.717, 1.165) is 40.1 Å². The van der Waals surface area contributed by atoms with Crippen molar-refractivity contribution in [3.63, 3.8) is 0 Å². The fourth-order valence-electron chi connectivity index (χ4n) is 2.13. The summed E-state index contributed by atoms with van der Waals surface area (Å²) in [5.74, 6) is 2.66. The number of hydrogen-bond donors (Lipinski definition) is 0. The second kappa shape index (κ2) is 3.52. The first-order valence-corrected chi connectivity index (χ1v) is 6.80. The molecule has 2 nitrogen and oxygen atoms in total. The van der Waals surface area contributed by atoms with Crippen molar-refractivity contribution in [2.75, 3.05) is 12.4 Å². The molecule has 0 aliphatic carbocycles. The molecule has 0 saturated carbocycles. The van der Waals surface area contributed by atoms with Crippen LogP contribution in [0.1, 0.15) is 21.5 Å². The maximum Gasteiger partial charge on any atom is 0.174 e. The van der Waals surface area contributed by atoms with E-state index in [1.165, 1.54) is 5.56 Å². The molecule has 2 aliphatic heterocycles. The van der Waals surface area contributed by atoms with Crippen molar-refractivity contribution in [1.29, 1.82) is 0 Å². The molecule has 0 radical (unpaired) electrons. The van der Waals surface area contributed by atoms with Crippen molar-refractivity contribution < 1.29 is 9.53 Å². The lowest BCUT2D eigenvalue weighted by Crippen LogP contribution is -2.13. The number of hydrogen-bond acceptors (Lipinski definition) is 3. The summed E-state index contributed by atoms with van der Waals surface area (Å²) < 4.78 is 6.55. The van der Waals surface area contributed by atoms with Crippen LogP contribution < -0.4 is 4.74 Å². The summed E-state index contributed by atoms with van der Waals surface area (Å²) in [6.45, 7) is 0.747. The Morgan fingerprint density at radius 2 is 2.27 bits per heavy atom. The highest BCUT2D eigenvalue weighted by molar-refractivity contribution is 9.10. The summed E-state index contributed by atoms with van der Waals surface area (Å²) in [5.41, 5.74) is 3.17. The Hall–Kier alpha value is -0.480. The summed E-state index contributed by atoms with van der Waals surface area (Å²) in [5, 5.41) is 0. The van der Waals surface area contributed by atoms with E-state index >= 15 is 0 Å². The van der Waals surface area contributed by atoms with E-state index in [2.05, 4.69) is 15.9 Å². The molecule has 2 heterocycles. The van der Waals surface area contributed by atoms with Gasteiger partial charge in [0.05, 0.1) is 12.4 Å². The first-order chi connectivity index (χ1) is 7.27. The van der Waals surface area contributed by atoms with Gasteiger partial charge in [-0.2, -0.15) is 0 Å². The number of fused-ring (bicyclic) bond motifs is 3. The number of halogens is 1. The van der Waals surface area contributed by atoms with E-state index in [-0.39, 0.29) is 5.78 Å². The zero-order chi connectivity index (χ0) is 10.4. The van der Waals surface area contributed by atoms with Crippen molar-refractivity contribution >= 4 is 33.5 Å². The van der Waals surface area contributed by atoms with Gasteiger partial charge >= 0.3 is 0 Å². The number of ether oxygens (including phenoxy) is 1. The predicted molar refractivity (Wildman–Crippen MR) is 63.8 cm³/mol. The fraction of sp³-hybridized carbons (Fsp3) is 0.364. The van der Waals surface area contributed by atoms with Crippen molar-refractivity contribution in [3.05, 3.63) is 27.2 Å². The highest BCUT2D eigenvalue weighted by Crippen LogP contribution is 2.41. The van der Waals surface area contributed by atoms with Crippen LogP contribution in [0.5, 0.6) is 5.75 Å². The average Bonchev–Trinajstić information content (AvgIpc) is 2.65. The van der Waals surface area contributed by atoms with Gasteiger partial charge in [0.15, 0.2) is 5.78 Å². The van der Waals surface area contributed by atoms with Crippen LogP contribution in [0.25, 0.3) is 0 Å². The Balaban J connectivity index is 2.28. The van der Waals surface area contributed by atoms with Gasteiger partial charge in [0.25, 0.3) is 0 Å². The number of benzene rings is 1. The number of Topliss-reactive ketones (excluding diaryl/α,β-unsaturated/α-hetero) is 1. The SMILES string of the molecule is O=C1CSCc2c3c(cc(Br)c21)CCO3. The van der Waals surface area contributed by atoms with E-state index < -0.39 is 0 Å². The Morgan fingerprint density at radius 1 is 1.40 bits per heavy atom. The van der Waals surface area contributed by atoms with Crippen LogP contribution in [-0.2, 0) is 12.2 Å². The Bertz CT molecular complexity index is 456. The van der Waals surface area contributed by atoms with Crippen molar-refractivity contribution in [3.8, 4) is 5.75 Å². The van der Waals surface area contributed by atoms with E-state index in [1.54, 1.807) is 11.8 Å². The van der Waals surface area contributed by atoms with Crippen molar-refractivity contribution in [2.45, 2.75) is 12.2 Å². The minimum absolute atomic E-state index is 0.214. The molecule has 0 unspecified atom stereocenters. The van der Waals surface area contributed by atoms with Crippen LogP contribution >= 0.6 is 27.7 Å². The molecule has 15 heavy (non-hydrogen) atoms. The molecule has 0 atom stereocenters. The van der Waals surface area contributed by atoms with Gasteiger partial charge in [-0.15, -0.1) is 11.8 Å². The zero-order valence-corrected chi connectivity index (χ0v) is 10.4. The third kappa shape index (κ3) is 1.42. The van der Waals surface area contributed by atoms with Crippen LogP contribution in [0.4, 0.5) is 0 Å². The summed E-state index contributed by atoms with van der Waals surface area (Å²) in [6.07, 6.45) is 0.958. The molecule has 2 aliphatic rings. The van der Waals surface area contributed by atoms with Crippen LogP contribution in [0.2, 0.25) is 0 Å². The molecule has 0 aromatic heterocycles. The number of ketones is 1. The average molecular weight is 285 g/mol. The summed E-state index contributed by atoms with van der Waals surface area (Å²) in [4.78, 5) is 11.8. The van der Waals surface area contributed by atoms with Crippen LogP contribution in [0.3, 0.4) is 0 Å². The molecule has 0 amide bonds. The molecule has 0 spiro atoms. The van der Waals surface area contributed by atoms with E-state index in [1.807, 2.05) is 6.07 Å². The normalized spacial score (nSPS) is 18.3. The van der Waals surface area contributed by atoms with Gasteiger partial charge in [-0.1, -0.05) is 15.9 Å². The van der Waals surface area contributed by atoms with Gasteiger partial charge in [0.1, 0.15) is 5.75 Å². The number of rotatable bonds is 0. The first kappa shape index (κ1) is 9.73. The molecule has 4 heteroatoms. The Labute approximate surface area is 101 Å². The number of carbonyl (C=O) groups excluding carboxylic acids is 1. The van der Waals surface area contributed by atoms with Gasteiger partial charge in [0, 0.05) is 27.8 Å². The minimum Gasteiger partial charge on any atom is -0.493 e. The Morgan fingerprint density at radius 3 is 3.13 bits per heavy atom. The van der Waals surface area contributed by atoms with Crippen LogP contribution in [0.15, 0.2) is 10.5 Å². The summed E-state index contributed by atoms with van der Waals surface area (Å²) in [7, 11) is 0. The maximum absolute atomic E-state index is 11.8. The number of carbonyl (C=O) groups is 1. The monoisotopic (exact) mass is 284 g/mol. The topological polar surface area (TPSA) is 26.3 Å².